The molecule has 0 aromatic rings. The zero-order valence-electron chi connectivity index (χ0n) is 8.94. The van der Waals surface area contributed by atoms with Crippen LogP contribution in [0.1, 0.15) is 0 Å². The van der Waals surface area contributed by atoms with Crippen molar-refractivity contribution in [3.05, 3.63) is 0 Å². The molecule has 0 radical (unpaired) electrons. The van der Waals surface area contributed by atoms with Gasteiger partial charge in [-0.15, -0.1) is 4.52 Å². The minimum atomic E-state index is -2.05. The van der Waals surface area contributed by atoms with Crippen molar-refractivity contribution < 1.29 is 28.4 Å². The van der Waals surface area contributed by atoms with Gasteiger partial charge in [0, 0.05) is 7.11 Å². The summed E-state index contributed by atoms with van der Waals surface area (Å²) < 4.78 is 31.5. The lowest BCUT2D eigenvalue weighted by Crippen LogP contribution is -2.35. The molecular weight excluding hydrogens is 255 g/mol. The molecule has 8 heteroatoms. The average Bonchev–Trinajstić information content (AvgIpc) is 2.61. The van der Waals surface area contributed by atoms with Gasteiger partial charge in [0.25, 0.3) is 0 Å². The number of ether oxygens (including phenoxy) is 3. The van der Waals surface area contributed by atoms with Gasteiger partial charge in [-0.3, -0.25) is 0 Å². The number of thiol groups is 1. The van der Waals surface area contributed by atoms with Gasteiger partial charge in [0.15, 0.2) is 6.10 Å². The van der Waals surface area contributed by atoms with Crippen molar-refractivity contribution in [1.29, 1.82) is 0 Å². The molecule has 1 aliphatic heterocycles. The van der Waals surface area contributed by atoms with E-state index < -0.39 is 19.4 Å². The van der Waals surface area contributed by atoms with Gasteiger partial charge in [-0.05, 0) is 4.57 Å². The zero-order chi connectivity index (χ0) is 12.0. The summed E-state index contributed by atoms with van der Waals surface area (Å²) in [6.45, 7) is 0.953. The molecule has 0 spiro atoms. The van der Waals surface area contributed by atoms with Crippen LogP contribution >= 0.6 is 19.5 Å². The molecule has 0 amide bonds. The summed E-state index contributed by atoms with van der Waals surface area (Å²) in [5.41, 5.74) is 0. The van der Waals surface area contributed by atoms with Crippen LogP contribution in [0.2, 0.25) is 0 Å². The third-order valence-electron chi connectivity index (χ3n) is 2.22. The summed E-state index contributed by atoms with van der Waals surface area (Å²) in [6, 6.07) is 0. The molecule has 1 aliphatic rings. The van der Waals surface area contributed by atoms with E-state index in [1.807, 2.05) is 0 Å². The standard InChI is InChI=1S/C8H15O6PS/c1-11-2-3-12-7-5-13-6(4-9)8(7)14-15(10)16/h6-9H,2-5H2,1H3/p+1/t6-,7+,8-/m1/s1. The van der Waals surface area contributed by atoms with E-state index in [1.165, 1.54) is 0 Å². The van der Waals surface area contributed by atoms with Gasteiger partial charge >= 0.3 is 7.23 Å². The van der Waals surface area contributed by atoms with Crippen LogP contribution in [0.4, 0.5) is 0 Å². The highest BCUT2D eigenvalue weighted by atomic mass is 32.7. The van der Waals surface area contributed by atoms with Crippen LogP contribution in [0.15, 0.2) is 0 Å². The third kappa shape index (κ3) is 4.25. The lowest BCUT2D eigenvalue weighted by atomic mass is 10.1. The number of rotatable bonds is 7. The number of methoxy groups -OCH3 is 1. The summed E-state index contributed by atoms with van der Waals surface area (Å²) in [5.74, 6) is 0. The molecule has 0 aromatic carbocycles. The lowest BCUT2D eigenvalue weighted by molar-refractivity contribution is -0.0252. The highest BCUT2D eigenvalue weighted by molar-refractivity contribution is 8.39. The summed E-state index contributed by atoms with van der Waals surface area (Å²) >= 11 is 3.67. The van der Waals surface area contributed by atoms with Crippen LogP contribution in [0.25, 0.3) is 0 Å². The molecule has 0 aromatic heterocycles. The SMILES string of the molecule is COCCO[C@H]1CO[C@H](CO)[C@H]1O[P+](=O)S. The van der Waals surface area contributed by atoms with Gasteiger partial charge in [0.1, 0.15) is 24.5 Å². The molecule has 1 unspecified atom stereocenters. The molecule has 0 bridgehead atoms. The molecule has 0 saturated carbocycles. The highest BCUT2D eigenvalue weighted by Gasteiger charge is 2.43. The number of hydrogen-bond donors (Lipinski definition) is 2. The first-order chi connectivity index (χ1) is 7.69. The van der Waals surface area contributed by atoms with Crippen LogP contribution in [0.5, 0.6) is 0 Å². The molecule has 1 heterocycles. The monoisotopic (exact) mass is 271 g/mol. The van der Waals surface area contributed by atoms with E-state index in [0.29, 0.717) is 19.8 Å². The fourth-order valence-electron chi connectivity index (χ4n) is 1.47. The molecule has 1 fully saturated rings. The van der Waals surface area contributed by atoms with E-state index in [0.717, 1.165) is 0 Å². The molecule has 94 valence electrons. The Labute approximate surface area is 100 Å². The maximum atomic E-state index is 10.9. The van der Waals surface area contributed by atoms with E-state index >= 15 is 0 Å². The van der Waals surface area contributed by atoms with Crippen LogP contribution in [-0.4, -0.2) is 57.0 Å². The maximum absolute atomic E-state index is 10.9. The van der Waals surface area contributed by atoms with Crippen LogP contribution in [0.3, 0.4) is 0 Å². The predicted molar refractivity (Wildman–Crippen MR) is 59.9 cm³/mol. The largest absolute Gasteiger partial charge is 0.582 e. The van der Waals surface area contributed by atoms with Crippen molar-refractivity contribution in [3.8, 4) is 0 Å². The maximum Gasteiger partial charge on any atom is 0.582 e. The zero-order valence-corrected chi connectivity index (χ0v) is 10.7. The van der Waals surface area contributed by atoms with Gasteiger partial charge < -0.3 is 19.3 Å². The molecular formula is C8H16O6PS+. The Kier molecular flexibility index (Phi) is 6.75. The number of hydrogen-bond acceptors (Lipinski definition) is 6. The molecule has 6 nitrogen and oxygen atoms in total. The van der Waals surface area contributed by atoms with E-state index in [2.05, 4.69) is 12.2 Å². The van der Waals surface area contributed by atoms with Crippen molar-refractivity contribution in [2.24, 2.45) is 0 Å². The predicted octanol–water partition coefficient (Wildman–Crippen LogP) is 0.382. The minimum absolute atomic E-state index is 0.203. The fraction of sp³-hybridized carbons (Fsp3) is 1.00. The van der Waals surface area contributed by atoms with Crippen LogP contribution in [0, 0.1) is 0 Å². The van der Waals surface area contributed by atoms with Crippen LogP contribution < -0.4 is 0 Å². The molecule has 1 rings (SSSR count). The van der Waals surface area contributed by atoms with E-state index in [9.17, 15) is 4.57 Å². The topological polar surface area (TPSA) is 74.2 Å². The Balaban J connectivity index is 2.44. The second-order valence-corrected chi connectivity index (χ2v) is 4.93. The van der Waals surface area contributed by atoms with Gasteiger partial charge in [-0.1, -0.05) is 0 Å². The average molecular weight is 271 g/mol. The Morgan fingerprint density at radius 3 is 2.88 bits per heavy atom. The first-order valence-corrected chi connectivity index (χ1v) is 7.18. The summed E-state index contributed by atoms with van der Waals surface area (Å²) in [5, 5.41) is 9.03. The quantitative estimate of drug-likeness (QED) is 0.396. The molecule has 4 atom stereocenters. The number of aliphatic hydroxyl groups excluding tert-OH is 1. The normalized spacial score (nSPS) is 30.7. The number of aliphatic hydroxyl groups is 1. The van der Waals surface area contributed by atoms with Gasteiger partial charge in [-0.2, -0.15) is 0 Å². The molecule has 16 heavy (non-hydrogen) atoms. The van der Waals surface area contributed by atoms with Crippen molar-refractivity contribution >= 4 is 19.5 Å². The van der Waals surface area contributed by atoms with Gasteiger partial charge in [0.05, 0.1) is 26.4 Å². The second-order valence-electron chi connectivity index (χ2n) is 3.26. The smallest absolute Gasteiger partial charge is 0.394 e. The second kappa shape index (κ2) is 7.55. The Hall–Kier alpha value is 0.250. The Bertz CT molecular complexity index is 229. The molecule has 1 N–H and O–H groups in total. The molecule has 1 saturated heterocycles. The summed E-state index contributed by atoms with van der Waals surface area (Å²) in [7, 11) is -0.474. The Morgan fingerprint density at radius 1 is 1.56 bits per heavy atom. The van der Waals surface area contributed by atoms with E-state index in [1.54, 1.807) is 7.11 Å². The third-order valence-corrected chi connectivity index (χ3v) is 2.93. The van der Waals surface area contributed by atoms with Crippen molar-refractivity contribution in [2.75, 3.05) is 33.5 Å². The first-order valence-electron chi connectivity index (χ1n) is 4.85. The minimum Gasteiger partial charge on any atom is -0.394 e. The van der Waals surface area contributed by atoms with Crippen LogP contribution in [-0.2, 0) is 23.3 Å². The highest BCUT2D eigenvalue weighted by Crippen LogP contribution is 2.34. The van der Waals surface area contributed by atoms with Gasteiger partial charge in [-0.25, -0.2) is 0 Å². The summed E-state index contributed by atoms with van der Waals surface area (Å²) in [4.78, 5) is 0. The van der Waals surface area contributed by atoms with Gasteiger partial charge in [0.2, 0.25) is 0 Å². The van der Waals surface area contributed by atoms with Crippen molar-refractivity contribution in [3.63, 3.8) is 0 Å². The van der Waals surface area contributed by atoms with E-state index in [4.69, 9.17) is 23.8 Å². The lowest BCUT2D eigenvalue weighted by Gasteiger charge is -2.16. The first kappa shape index (κ1) is 14.3. The summed E-state index contributed by atoms with van der Waals surface area (Å²) in [6.07, 6.45) is -1.42. The molecule has 0 aliphatic carbocycles. The van der Waals surface area contributed by atoms with Crippen molar-refractivity contribution in [2.45, 2.75) is 18.3 Å². The van der Waals surface area contributed by atoms with E-state index in [-0.39, 0.29) is 12.7 Å². The van der Waals surface area contributed by atoms with Crippen molar-refractivity contribution in [1.82, 2.24) is 0 Å². The fourth-order valence-corrected chi connectivity index (χ4v) is 2.28. The Morgan fingerprint density at radius 2 is 2.31 bits per heavy atom.